The molecular formula is C14H18O2. The number of hydrogen-bond donors (Lipinski definition) is 0. The molecule has 1 aliphatic rings. The van der Waals surface area contributed by atoms with Crippen molar-refractivity contribution in [3.05, 3.63) is 29.8 Å². The number of hydrogen-bond acceptors (Lipinski definition) is 2. The normalized spacial score (nSPS) is 26.2. The molecule has 0 saturated heterocycles. The predicted molar refractivity (Wildman–Crippen MR) is 63.7 cm³/mol. The molecule has 0 aliphatic heterocycles. The SMILES string of the molecule is COc1ccccc1C1C(C(C)=O)C1(C)C. The van der Waals surface area contributed by atoms with Gasteiger partial charge >= 0.3 is 0 Å². The molecular weight excluding hydrogens is 200 g/mol. The third-order valence-corrected chi connectivity index (χ3v) is 3.74. The highest BCUT2D eigenvalue weighted by atomic mass is 16.5. The molecule has 0 heterocycles. The van der Waals surface area contributed by atoms with Gasteiger partial charge in [0.25, 0.3) is 0 Å². The molecule has 0 amide bonds. The fraction of sp³-hybridized carbons (Fsp3) is 0.500. The summed E-state index contributed by atoms with van der Waals surface area (Å²) in [6.07, 6.45) is 0. The topological polar surface area (TPSA) is 26.3 Å². The highest BCUT2D eigenvalue weighted by Gasteiger charge is 2.61. The van der Waals surface area contributed by atoms with Crippen LogP contribution in [0.25, 0.3) is 0 Å². The fourth-order valence-corrected chi connectivity index (χ4v) is 2.90. The number of para-hydroxylation sites is 1. The zero-order valence-electron chi connectivity index (χ0n) is 10.3. The first-order chi connectivity index (χ1) is 7.50. The van der Waals surface area contributed by atoms with E-state index in [0.717, 1.165) is 11.3 Å². The van der Waals surface area contributed by atoms with Crippen molar-refractivity contribution >= 4 is 5.78 Å². The van der Waals surface area contributed by atoms with Crippen LogP contribution in [0, 0.1) is 11.3 Å². The Bertz CT molecular complexity index is 420. The van der Waals surface area contributed by atoms with Gasteiger partial charge in [-0.05, 0) is 24.0 Å². The van der Waals surface area contributed by atoms with E-state index in [1.54, 1.807) is 14.0 Å². The van der Waals surface area contributed by atoms with Gasteiger partial charge in [0.15, 0.2) is 0 Å². The number of Topliss-reactive ketones (excluding diaryl/α,β-unsaturated/α-hetero) is 1. The van der Waals surface area contributed by atoms with Crippen molar-refractivity contribution in [1.82, 2.24) is 0 Å². The van der Waals surface area contributed by atoms with Gasteiger partial charge < -0.3 is 4.74 Å². The Morgan fingerprint density at radius 1 is 1.31 bits per heavy atom. The molecule has 1 fully saturated rings. The van der Waals surface area contributed by atoms with Crippen LogP contribution in [0.4, 0.5) is 0 Å². The summed E-state index contributed by atoms with van der Waals surface area (Å²) < 4.78 is 5.36. The molecule has 2 heteroatoms. The molecule has 16 heavy (non-hydrogen) atoms. The lowest BCUT2D eigenvalue weighted by atomic mass is 10.0. The lowest BCUT2D eigenvalue weighted by Gasteiger charge is -2.08. The summed E-state index contributed by atoms with van der Waals surface area (Å²) in [5.41, 5.74) is 1.23. The zero-order chi connectivity index (χ0) is 11.9. The van der Waals surface area contributed by atoms with E-state index in [1.165, 1.54) is 0 Å². The van der Waals surface area contributed by atoms with Gasteiger partial charge in [0.05, 0.1) is 7.11 Å². The maximum Gasteiger partial charge on any atom is 0.134 e. The van der Waals surface area contributed by atoms with E-state index in [0.29, 0.717) is 5.92 Å². The predicted octanol–water partition coefficient (Wildman–Crippen LogP) is 3.02. The summed E-state index contributed by atoms with van der Waals surface area (Å²) >= 11 is 0. The number of carbonyl (C=O) groups excluding carboxylic acids is 1. The molecule has 1 aromatic carbocycles. The van der Waals surface area contributed by atoms with E-state index in [-0.39, 0.29) is 17.1 Å². The standard InChI is InChI=1S/C14H18O2/c1-9(15)12-13(14(12,2)3)10-7-5-6-8-11(10)16-4/h5-8,12-13H,1-4H3. The maximum absolute atomic E-state index is 11.6. The number of rotatable bonds is 3. The number of methoxy groups -OCH3 is 1. The van der Waals surface area contributed by atoms with Gasteiger partial charge in [-0.15, -0.1) is 0 Å². The number of benzene rings is 1. The van der Waals surface area contributed by atoms with E-state index in [2.05, 4.69) is 19.9 Å². The van der Waals surface area contributed by atoms with Crippen LogP contribution in [0.3, 0.4) is 0 Å². The Morgan fingerprint density at radius 2 is 1.94 bits per heavy atom. The molecule has 0 spiro atoms. The second kappa shape index (κ2) is 3.62. The first-order valence-electron chi connectivity index (χ1n) is 5.63. The monoisotopic (exact) mass is 218 g/mol. The van der Waals surface area contributed by atoms with Gasteiger partial charge in [-0.2, -0.15) is 0 Å². The minimum absolute atomic E-state index is 0.0699. The van der Waals surface area contributed by atoms with Crippen LogP contribution in [-0.4, -0.2) is 12.9 Å². The Balaban J connectivity index is 2.37. The molecule has 2 rings (SSSR count). The van der Waals surface area contributed by atoms with Crippen molar-refractivity contribution in [1.29, 1.82) is 0 Å². The molecule has 0 bridgehead atoms. The van der Waals surface area contributed by atoms with Crippen LogP contribution >= 0.6 is 0 Å². The van der Waals surface area contributed by atoms with Crippen LogP contribution in [0.15, 0.2) is 24.3 Å². The van der Waals surface area contributed by atoms with Crippen molar-refractivity contribution in [3.8, 4) is 5.75 Å². The van der Waals surface area contributed by atoms with Crippen molar-refractivity contribution in [3.63, 3.8) is 0 Å². The first kappa shape index (κ1) is 11.2. The van der Waals surface area contributed by atoms with Crippen LogP contribution < -0.4 is 4.74 Å². The summed E-state index contributed by atoms with van der Waals surface area (Å²) in [5, 5.41) is 0. The minimum atomic E-state index is 0.0699. The fourth-order valence-electron chi connectivity index (χ4n) is 2.90. The number of carbonyl (C=O) groups is 1. The molecule has 0 radical (unpaired) electrons. The maximum atomic E-state index is 11.6. The summed E-state index contributed by atoms with van der Waals surface area (Å²) in [5.74, 6) is 1.62. The molecule has 2 nitrogen and oxygen atoms in total. The second-order valence-electron chi connectivity index (χ2n) is 5.13. The van der Waals surface area contributed by atoms with Gasteiger partial charge in [0.2, 0.25) is 0 Å². The first-order valence-corrected chi connectivity index (χ1v) is 5.63. The smallest absolute Gasteiger partial charge is 0.134 e. The Hall–Kier alpha value is -1.31. The molecule has 1 aromatic rings. The van der Waals surface area contributed by atoms with E-state index in [1.807, 2.05) is 18.2 Å². The molecule has 2 unspecified atom stereocenters. The summed E-state index contributed by atoms with van der Waals surface area (Å²) in [4.78, 5) is 11.6. The highest BCUT2D eigenvalue weighted by Crippen LogP contribution is 2.65. The van der Waals surface area contributed by atoms with Gasteiger partial charge in [0, 0.05) is 11.8 Å². The quantitative estimate of drug-likeness (QED) is 0.779. The van der Waals surface area contributed by atoms with Crippen molar-refractivity contribution in [2.45, 2.75) is 26.7 Å². The molecule has 2 atom stereocenters. The molecule has 1 aliphatic carbocycles. The molecule has 0 aromatic heterocycles. The lowest BCUT2D eigenvalue weighted by molar-refractivity contribution is -0.118. The third-order valence-electron chi connectivity index (χ3n) is 3.74. The van der Waals surface area contributed by atoms with Crippen LogP contribution in [0.5, 0.6) is 5.75 Å². The third kappa shape index (κ3) is 1.53. The van der Waals surface area contributed by atoms with Crippen molar-refractivity contribution in [2.24, 2.45) is 11.3 Å². The van der Waals surface area contributed by atoms with Crippen LogP contribution in [0.1, 0.15) is 32.3 Å². The van der Waals surface area contributed by atoms with Crippen LogP contribution in [-0.2, 0) is 4.79 Å². The number of ketones is 1. The summed E-state index contributed by atoms with van der Waals surface area (Å²) in [6, 6.07) is 7.99. The summed E-state index contributed by atoms with van der Waals surface area (Å²) in [7, 11) is 1.68. The van der Waals surface area contributed by atoms with E-state index in [9.17, 15) is 4.79 Å². The van der Waals surface area contributed by atoms with Gasteiger partial charge in [-0.25, -0.2) is 0 Å². The average Bonchev–Trinajstić information content (AvgIpc) is 2.81. The van der Waals surface area contributed by atoms with Gasteiger partial charge in [-0.1, -0.05) is 32.0 Å². The molecule has 1 saturated carbocycles. The molecule has 0 N–H and O–H groups in total. The van der Waals surface area contributed by atoms with E-state index in [4.69, 9.17) is 4.74 Å². The van der Waals surface area contributed by atoms with E-state index < -0.39 is 0 Å². The van der Waals surface area contributed by atoms with Crippen molar-refractivity contribution < 1.29 is 9.53 Å². The Kier molecular flexibility index (Phi) is 2.53. The summed E-state index contributed by atoms with van der Waals surface area (Å²) in [6.45, 7) is 5.98. The van der Waals surface area contributed by atoms with E-state index >= 15 is 0 Å². The van der Waals surface area contributed by atoms with Gasteiger partial charge in [-0.3, -0.25) is 4.79 Å². The largest absolute Gasteiger partial charge is 0.496 e. The number of ether oxygens (including phenoxy) is 1. The lowest BCUT2D eigenvalue weighted by Crippen LogP contribution is -1.99. The highest BCUT2D eigenvalue weighted by molar-refractivity contribution is 5.84. The van der Waals surface area contributed by atoms with Crippen molar-refractivity contribution in [2.75, 3.05) is 7.11 Å². The Labute approximate surface area is 96.6 Å². The molecule has 86 valence electrons. The van der Waals surface area contributed by atoms with Gasteiger partial charge in [0.1, 0.15) is 11.5 Å². The minimum Gasteiger partial charge on any atom is -0.496 e. The zero-order valence-corrected chi connectivity index (χ0v) is 10.3. The Morgan fingerprint density at radius 3 is 2.44 bits per heavy atom. The average molecular weight is 218 g/mol. The van der Waals surface area contributed by atoms with Crippen LogP contribution in [0.2, 0.25) is 0 Å². The second-order valence-corrected chi connectivity index (χ2v) is 5.13.